The minimum absolute atomic E-state index is 0.0811. The molecule has 1 amide bonds. The van der Waals surface area contributed by atoms with Crippen LogP contribution in [0.5, 0.6) is 5.75 Å². The van der Waals surface area contributed by atoms with E-state index in [0.29, 0.717) is 6.61 Å². The van der Waals surface area contributed by atoms with E-state index in [1.54, 1.807) is 0 Å². The zero-order valence-corrected chi connectivity index (χ0v) is 18.1. The van der Waals surface area contributed by atoms with E-state index in [2.05, 4.69) is 42.3 Å². The molecule has 0 saturated heterocycles. The molecular formula is C20H18Br2N2O3. The highest BCUT2D eigenvalue weighted by molar-refractivity contribution is 9.11. The fourth-order valence-electron chi connectivity index (χ4n) is 2.54. The molecule has 7 heteroatoms. The second kappa shape index (κ2) is 8.71. The third-order valence-electron chi connectivity index (χ3n) is 4.06. The van der Waals surface area contributed by atoms with Gasteiger partial charge in [-0.05, 0) is 65.7 Å². The molecule has 140 valence electrons. The lowest BCUT2D eigenvalue weighted by Crippen LogP contribution is -2.14. The van der Waals surface area contributed by atoms with Crippen molar-refractivity contribution >= 4 is 43.5 Å². The first-order valence-electron chi connectivity index (χ1n) is 8.31. The van der Waals surface area contributed by atoms with E-state index in [-0.39, 0.29) is 12.3 Å². The molecule has 0 fully saturated rings. The Hall–Kier alpha value is -2.12. The molecule has 2 aromatic carbocycles. The number of hydrogen-bond donors (Lipinski definition) is 1. The van der Waals surface area contributed by atoms with Crippen LogP contribution in [0.1, 0.15) is 22.6 Å². The van der Waals surface area contributed by atoms with Crippen LogP contribution < -0.4 is 10.1 Å². The Bertz CT molecular complexity index is 933. The van der Waals surface area contributed by atoms with Crippen molar-refractivity contribution in [2.75, 3.05) is 5.32 Å². The number of benzene rings is 2. The van der Waals surface area contributed by atoms with Crippen molar-refractivity contribution in [3.8, 4) is 5.75 Å². The molecule has 5 nitrogen and oxygen atoms in total. The van der Waals surface area contributed by atoms with Crippen LogP contribution in [0.15, 0.2) is 55.9 Å². The van der Waals surface area contributed by atoms with Crippen molar-refractivity contribution in [2.45, 2.75) is 26.9 Å². The average molecular weight is 494 g/mol. The van der Waals surface area contributed by atoms with Crippen molar-refractivity contribution in [3.05, 3.63) is 74.0 Å². The number of nitrogens with zero attached hydrogens (tertiary/aromatic N) is 1. The van der Waals surface area contributed by atoms with Crippen molar-refractivity contribution in [2.24, 2.45) is 0 Å². The molecule has 1 heterocycles. The zero-order chi connectivity index (χ0) is 19.4. The van der Waals surface area contributed by atoms with E-state index < -0.39 is 0 Å². The summed E-state index contributed by atoms with van der Waals surface area (Å²) in [7, 11) is 0. The fraction of sp³-hybridized carbons (Fsp3) is 0.200. The van der Waals surface area contributed by atoms with Crippen LogP contribution >= 0.6 is 31.9 Å². The van der Waals surface area contributed by atoms with Crippen molar-refractivity contribution in [1.82, 2.24) is 5.16 Å². The monoisotopic (exact) mass is 492 g/mol. The number of hydrogen-bond acceptors (Lipinski definition) is 4. The fourth-order valence-corrected chi connectivity index (χ4v) is 3.68. The minimum Gasteiger partial charge on any atom is -0.489 e. The Morgan fingerprint density at radius 1 is 1.15 bits per heavy atom. The van der Waals surface area contributed by atoms with Crippen LogP contribution in [-0.4, -0.2) is 11.1 Å². The maximum Gasteiger partial charge on any atom is 0.228 e. The van der Waals surface area contributed by atoms with Gasteiger partial charge in [0.1, 0.15) is 18.1 Å². The molecular weight excluding hydrogens is 476 g/mol. The predicted molar refractivity (Wildman–Crippen MR) is 111 cm³/mol. The highest BCUT2D eigenvalue weighted by atomic mass is 79.9. The van der Waals surface area contributed by atoms with Crippen molar-refractivity contribution in [3.63, 3.8) is 0 Å². The number of rotatable bonds is 6. The number of halogens is 2. The van der Waals surface area contributed by atoms with Crippen molar-refractivity contribution < 1.29 is 14.1 Å². The number of aryl methyl sites for hydroxylation is 2. The molecule has 0 aliphatic heterocycles. The smallest absolute Gasteiger partial charge is 0.228 e. The number of carbonyl (C=O) groups is 1. The molecule has 0 spiro atoms. The van der Waals surface area contributed by atoms with Gasteiger partial charge in [-0.3, -0.25) is 4.79 Å². The van der Waals surface area contributed by atoms with Crippen LogP contribution in [0.2, 0.25) is 0 Å². The normalized spacial score (nSPS) is 10.7. The van der Waals surface area contributed by atoms with E-state index in [1.807, 2.05) is 56.3 Å². The van der Waals surface area contributed by atoms with Gasteiger partial charge in [0.15, 0.2) is 0 Å². The minimum atomic E-state index is -0.0811. The highest BCUT2D eigenvalue weighted by Gasteiger charge is 2.10. The molecule has 27 heavy (non-hydrogen) atoms. The van der Waals surface area contributed by atoms with Crippen LogP contribution in [-0.2, 0) is 17.8 Å². The number of carbonyl (C=O) groups excluding carboxylic acids is 1. The summed E-state index contributed by atoms with van der Waals surface area (Å²) in [4.78, 5) is 12.3. The highest BCUT2D eigenvalue weighted by Crippen LogP contribution is 2.26. The van der Waals surface area contributed by atoms with Gasteiger partial charge >= 0.3 is 0 Å². The van der Waals surface area contributed by atoms with Gasteiger partial charge in [-0.25, -0.2) is 0 Å². The summed E-state index contributed by atoms with van der Waals surface area (Å²) < 4.78 is 12.7. The lowest BCUT2D eigenvalue weighted by atomic mass is 10.1. The zero-order valence-electron chi connectivity index (χ0n) is 14.9. The molecule has 1 N–H and O–H groups in total. The quantitative estimate of drug-likeness (QED) is 0.487. The molecule has 3 rings (SSSR count). The van der Waals surface area contributed by atoms with E-state index >= 15 is 0 Å². The van der Waals surface area contributed by atoms with Gasteiger partial charge in [0.2, 0.25) is 5.91 Å². The van der Waals surface area contributed by atoms with Crippen molar-refractivity contribution in [1.29, 1.82) is 0 Å². The van der Waals surface area contributed by atoms with Gasteiger partial charge in [-0.2, -0.15) is 0 Å². The first-order valence-corrected chi connectivity index (χ1v) is 9.89. The van der Waals surface area contributed by atoms with Gasteiger partial charge in [0.25, 0.3) is 0 Å². The average Bonchev–Trinajstić information content (AvgIpc) is 2.95. The number of ether oxygens (including phenoxy) is 1. The van der Waals surface area contributed by atoms with Gasteiger partial charge in [-0.15, -0.1) is 0 Å². The standard InChI is InChI=1S/C20H18Br2N2O3/c1-12-17(13(2)27-24-12)11-26-16-6-3-14(4-7-16)9-20(25)23-19-8-5-15(21)10-18(19)22/h3-8,10H,9,11H2,1-2H3,(H,23,25). The van der Waals surface area contributed by atoms with Crippen LogP contribution in [0.4, 0.5) is 5.69 Å². The second-order valence-corrected chi connectivity index (χ2v) is 7.85. The Balaban J connectivity index is 1.56. The third-order valence-corrected chi connectivity index (χ3v) is 5.21. The molecule has 0 radical (unpaired) electrons. The van der Waals surface area contributed by atoms with Gasteiger partial charge < -0.3 is 14.6 Å². The molecule has 3 aromatic rings. The van der Waals surface area contributed by atoms with Crippen LogP contribution in [0.25, 0.3) is 0 Å². The SMILES string of the molecule is Cc1noc(C)c1COc1ccc(CC(=O)Nc2ccc(Br)cc2Br)cc1. The summed E-state index contributed by atoms with van der Waals surface area (Å²) in [6.45, 7) is 4.16. The Morgan fingerprint density at radius 3 is 2.52 bits per heavy atom. The summed E-state index contributed by atoms with van der Waals surface area (Å²) in [5.41, 5.74) is 3.44. The van der Waals surface area contributed by atoms with Gasteiger partial charge in [-0.1, -0.05) is 33.2 Å². The first kappa shape index (κ1) is 19.6. The Morgan fingerprint density at radius 2 is 1.89 bits per heavy atom. The van der Waals surface area contributed by atoms with E-state index in [4.69, 9.17) is 9.26 Å². The molecule has 0 unspecified atom stereocenters. The van der Waals surface area contributed by atoms with Crippen LogP contribution in [0, 0.1) is 13.8 Å². The molecule has 0 atom stereocenters. The maximum absolute atomic E-state index is 12.3. The summed E-state index contributed by atoms with van der Waals surface area (Å²) in [5.74, 6) is 1.41. The maximum atomic E-state index is 12.3. The lowest BCUT2D eigenvalue weighted by Gasteiger charge is -2.09. The van der Waals surface area contributed by atoms with E-state index in [9.17, 15) is 4.79 Å². The van der Waals surface area contributed by atoms with E-state index in [1.165, 1.54) is 0 Å². The molecule has 0 bridgehead atoms. The number of anilines is 1. The Labute approximate surface area is 174 Å². The molecule has 0 aliphatic carbocycles. The summed E-state index contributed by atoms with van der Waals surface area (Å²) >= 11 is 6.83. The van der Waals surface area contributed by atoms with Crippen LogP contribution in [0.3, 0.4) is 0 Å². The number of nitrogens with one attached hydrogen (secondary N) is 1. The van der Waals surface area contributed by atoms with Gasteiger partial charge in [0, 0.05) is 8.95 Å². The van der Waals surface area contributed by atoms with Gasteiger partial charge in [0.05, 0.1) is 23.4 Å². The summed E-state index contributed by atoms with van der Waals surface area (Å²) in [5, 5.41) is 6.82. The molecule has 0 aliphatic rings. The summed E-state index contributed by atoms with van der Waals surface area (Å²) in [6.07, 6.45) is 0.284. The number of aromatic nitrogens is 1. The lowest BCUT2D eigenvalue weighted by molar-refractivity contribution is -0.115. The third kappa shape index (κ3) is 5.20. The van der Waals surface area contributed by atoms with E-state index in [0.717, 1.165) is 43.0 Å². The topological polar surface area (TPSA) is 64.4 Å². The largest absolute Gasteiger partial charge is 0.489 e. The number of amides is 1. The molecule has 1 aromatic heterocycles. The summed E-state index contributed by atoms with van der Waals surface area (Å²) in [6, 6.07) is 13.1. The first-order chi connectivity index (χ1) is 12.9. The molecule has 0 saturated carbocycles. The Kier molecular flexibility index (Phi) is 6.34. The predicted octanol–water partition coefficient (Wildman–Crippen LogP) is 5.58. The second-order valence-electron chi connectivity index (χ2n) is 6.08.